The van der Waals surface area contributed by atoms with E-state index < -0.39 is 0 Å². The van der Waals surface area contributed by atoms with Crippen molar-refractivity contribution in [3.05, 3.63) is 28.8 Å². The summed E-state index contributed by atoms with van der Waals surface area (Å²) in [6, 6.07) is 5.01. The number of amides is 1. The molecule has 0 bridgehead atoms. The molecule has 2 unspecified atom stereocenters. The molecule has 1 saturated carbocycles. The molecule has 0 spiro atoms. The van der Waals surface area contributed by atoms with Gasteiger partial charge in [-0.25, -0.2) is 0 Å². The number of hydrogen-bond donors (Lipinski definition) is 3. The lowest BCUT2D eigenvalue weighted by Gasteiger charge is -2.12. The van der Waals surface area contributed by atoms with Crippen LogP contribution >= 0.6 is 11.6 Å². The number of aliphatic hydroxyl groups is 1. The Morgan fingerprint density at radius 2 is 2.28 bits per heavy atom. The van der Waals surface area contributed by atoms with E-state index in [0.717, 1.165) is 19.3 Å². The third kappa shape index (κ3) is 2.94. The van der Waals surface area contributed by atoms with Gasteiger partial charge in [0.15, 0.2) is 0 Å². The molecule has 0 radical (unpaired) electrons. The van der Waals surface area contributed by atoms with Crippen LogP contribution in [0.5, 0.6) is 0 Å². The summed E-state index contributed by atoms with van der Waals surface area (Å²) in [4.78, 5) is 11.9. The van der Waals surface area contributed by atoms with E-state index in [1.807, 2.05) is 0 Å². The number of hydrogen-bond acceptors (Lipinski definition) is 3. The zero-order valence-corrected chi connectivity index (χ0v) is 10.8. The van der Waals surface area contributed by atoms with Gasteiger partial charge in [-0.15, -0.1) is 0 Å². The van der Waals surface area contributed by atoms with Gasteiger partial charge in [0.25, 0.3) is 5.91 Å². The highest BCUT2D eigenvalue weighted by molar-refractivity contribution is 6.36. The van der Waals surface area contributed by atoms with E-state index in [4.69, 9.17) is 17.3 Å². The number of anilines is 1. The Morgan fingerprint density at radius 1 is 1.50 bits per heavy atom. The van der Waals surface area contributed by atoms with E-state index in [9.17, 15) is 9.90 Å². The quantitative estimate of drug-likeness (QED) is 0.732. The van der Waals surface area contributed by atoms with Crippen molar-refractivity contribution in [2.75, 3.05) is 12.3 Å². The number of carbonyl (C=O) groups excluding carboxylic acids is 1. The van der Waals surface area contributed by atoms with Crippen molar-refractivity contribution in [2.45, 2.75) is 25.4 Å². The standard InChI is InChI=1S/C13H17ClN2O2/c14-12-10(2-1-3-11(12)15)13(18)16-7-8-4-5-9(17)6-8/h1-3,8-9,17H,4-7,15H2,(H,16,18). The van der Waals surface area contributed by atoms with E-state index in [2.05, 4.69) is 5.32 Å². The van der Waals surface area contributed by atoms with Crippen LogP contribution in [0.15, 0.2) is 18.2 Å². The summed E-state index contributed by atoms with van der Waals surface area (Å²) in [6.07, 6.45) is 2.30. The number of nitrogens with two attached hydrogens (primary N) is 1. The van der Waals surface area contributed by atoms with Crippen molar-refractivity contribution in [1.29, 1.82) is 0 Å². The van der Waals surface area contributed by atoms with Crippen LogP contribution in [0.3, 0.4) is 0 Å². The fourth-order valence-electron chi connectivity index (χ4n) is 2.29. The van der Waals surface area contributed by atoms with Gasteiger partial charge in [0.2, 0.25) is 0 Å². The molecular formula is C13H17ClN2O2. The van der Waals surface area contributed by atoms with Crippen molar-refractivity contribution in [3.63, 3.8) is 0 Å². The SMILES string of the molecule is Nc1cccc(C(=O)NCC2CCC(O)C2)c1Cl. The van der Waals surface area contributed by atoms with Crippen LogP contribution in [0.25, 0.3) is 0 Å². The van der Waals surface area contributed by atoms with E-state index in [1.165, 1.54) is 0 Å². The van der Waals surface area contributed by atoms with Gasteiger partial charge in [0, 0.05) is 6.54 Å². The number of nitrogens with one attached hydrogen (secondary N) is 1. The monoisotopic (exact) mass is 268 g/mol. The first-order valence-corrected chi connectivity index (χ1v) is 6.46. The largest absolute Gasteiger partial charge is 0.398 e. The highest BCUT2D eigenvalue weighted by atomic mass is 35.5. The minimum absolute atomic E-state index is 0.214. The predicted octanol–water partition coefficient (Wildman–Crippen LogP) is 1.81. The molecule has 0 saturated heterocycles. The van der Waals surface area contributed by atoms with Gasteiger partial charge in [-0.05, 0) is 37.3 Å². The highest BCUT2D eigenvalue weighted by Crippen LogP contribution is 2.25. The summed E-state index contributed by atoms with van der Waals surface area (Å²) < 4.78 is 0. The summed E-state index contributed by atoms with van der Waals surface area (Å²) in [5.41, 5.74) is 6.45. The second-order valence-corrected chi connectivity index (χ2v) is 5.13. The normalized spacial score (nSPS) is 23.0. The lowest BCUT2D eigenvalue weighted by Crippen LogP contribution is -2.29. The van der Waals surface area contributed by atoms with Crippen molar-refractivity contribution >= 4 is 23.2 Å². The average Bonchev–Trinajstić information content (AvgIpc) is 2.76. The van der Waals surface area contributed by atoms with Crippen LogP contribution in [0.2, 0.25) is 5.02 Å². The van der Waals surface area contributed by atoms with Crippen LogP contribution < -0.4 is 11.1 Å². The van der Waals surface area contributed by atoms with Crippen LogP contribution in [-0.2, 0) is 0 Å². The number of benzene rings is 1. The van der Waals surface area contributed by atoms with Gasteiger partial charge in [-0.3, -0.25) is 4.79 Å². The molecule has 1 aromatic rings. The molecule has 98 valence electrons. The molecule has 1 aliphatic rings. The van der Waals surface area contributed by atoms with Gasteiger partial charge in [0.05, 0.1) is 22.4 Å². The second-order valence-electron chi connectivity index (χ2n) is 4.75. The van der Waals surface area contributed by atoms with Crippen molar-refractivity contribution in [1.82, 2.24) is 5.32 Å². The summed E-state index contributed by atoms with van der Waals surface area (Å²) >= 11 is 5.98. The molecule has 2 atom stereocenters. The Labute approximate surface area is 111 Å². The molecule has 4 N–H and O–H groups in total. The summed E-state index contributed by atoms with van der Waals surface area (Å²) in [5, 5.41) is 12.5. The first-order chi connectivity index (χ1) is 8.58. The van der Waals surface area contributed by atoms with Crippen molar-refractivity contribution in [3.8, 4) is 0 Å². The first-order valence-electron chi connectivity index (χ1n) is 6.08. The third-order valence-corrected chi connectivity index (χ3v) is 3.76. The van der Waals surface area contributed by atoms with Crippen molar-refractivity contribution in [2.24, 2.45) is 5.92 Å². The van der Waals surface area contributed by atoms with Crippen LogP contribution in [0.1, 0.15) is 29.6 Å². The molecule has 18 heavy (non-hydrogen) atoms. The molecule has 4 nitrogen and oxygen atoms in total. The highest BCUT2D eigenvalue weighted by Gasteiger charge is 2.23. The van der Waals surface area contributed by atoms with Crippen molar-refractivity contribution < 1.29 is 9.90 Å². The molecule has 1 aliphatic carbocycles. The lowest BCUT2D eigenvalue weighted by atomic mass is 10.1. The molecule has 0 heterocycles. The van der Waals surface area contributed by atoms with Crippen LogP contribution in [0, 0.1) is 5.92 Å². The summed E-state index contributed by atoms with van der Waals surface area (Å²) in [5.74, 6) is 0.137. The third-order valence-electron chi connectivity index (χ3n) is 3.34. The fourth-order valence-corrected chi connectivity index (χ4v) is 2.50. The number of rotatable bonds is 3. The second kappa shape index (κ2) is 5.59. The maximum atomic E-state index is 11.9. The lowest BCUT2D eigenvalue weighted by molar-refractivity contribution is 0.0945. The van der Waals surface area contributed by atoms with Gasteiger partial charge in [-0.2, -0.15) is 0 Å². The molecule has 1 amide bonds. The van der Waals surface area contributed by atoms with Gasteiger partial charge < -0.3 is 16.2 Å². The zero-order valence-electron chi connectivity index (χ0n) is 10.0. The van der Waals surface area contributed by atoms with E-state index >= 15 is 0 Å². The Bertz CT molecular complexity index is 451. The number of halogens is 1. The number of aliphatic hydroxyl groups excluding tert-OH is 1. The number of carbonyl (C=O) groups is 1. The van der Waals surface area contributed by atoms with E-state index in [1.54, 1.807) is 18.2 Å². The Kier molecular flexibility index (Phi) is 4.09. The molecule has 1 fully saturated rings. The fraction of sp³-hybridized carbons (Fsp3) is 0.462. The van der Waals surface area contributed by atoms with Crippen LogP contribution in [-0.4, -0.2) is 23.7 Å². The molecule has 0 aromatic heterocycles. The minimum atomic E-state index is -0.220. The van der Waals surface area contributed by atoms with Gasteiger partial charge in [-0.1, -0.05) is 17.7 Å². The zero-order chi connectivity index (χ0) is 13.1. The molecule has 0 aliphatic heterocycles. The predicted molar refractivity (Wildman–Crippen MR) is 71.5 cm³/mol. The maximum absolute atomic E-state index is 11.9. The molecule has 1 aromatic carbocycles. The summed E-state index contributed by atoms with van der Waals surface area (Å²) in [6.45, 7) is 0.570. The number of nitrogen functional groups attached to an aromatic ring is 1. The molecule has 5 heteroatoms. The Morgan fingerprint density at radius 3 is 2.94 bits per heavy atom. The molecular weight excluding hydrogens is 252 g/mol. The van der Waals surface area contributed by atoms with E-state index in [0.29, 0.717) is 28.7 Å². The van der Waals surface area contributed by atoms with Gasteiger partial charge >= 0.3 is 0 Å². The summed E-state index contributed by atoms with van der Waals surface area (Å²) in [7, 11) is 0. The minimum Gasteiger partial charge on any atom is -0.398 e. The maximum Gasteiger partial charge on any atom is 0.252 e. The van der Waals surface area contributed by atoms with Gasteiger partial charge in [0.1, 0.15) is 0 Å². The average molecular weight is 269 g/mol. The van der Waals surface area contributed by atoms with E-state index in [-0.39, 0.29) is 12.0 Å². The smallest absolute Gasteiger partial charge is 0.252 e. The van der Waals surface area contributed by atoms with Crippen LogP contribution in [0.4, 0.5) is 5.69 Å². The Balaban J connectivity index is 1.94. The first kappa shape index (κ1) is 13.2. The Hall–Kier alpha value is -1.26. The topological polar surface area (TPSA) is 75.4 Å². The molecule has 2 rings (SSSR count).